The lowest BCUT2D eigenvalue weighted by molar-refractivity contribution is 0.186. The van der Waals surface area contributed by atoms with Crippen LogP contribution < -0.4 is 5.32 Å². The zero-order valence-corrected chi connectivity index (χ0v) is 16.3. The first-order chi connectivity index (χ1) is 14.1. The molecular formula is C22H23FN4O2. The van der Waals surface area contributed by atoms with E-state index in [-0.39, 0.29) is 17.8 Å². The Kier molecular flexibility index (Phi) is 5.55. The van der Waals surface area contributed by atoms with E-state index in [9.17, 15) is 9.18 Å². The van der Waals surface area contributed by atoms with E-state index in [1.807, 2.05) is 31.2 Å². The summed E-state index contributed by atoms with van der Waals surface area (Å²) in [6.07, 6.45) is 2.23. The number of nitrogens with one attached hydrogen (secondary N) is 1. The van der Waals surface area contributed by atoms with Crippen molar-refractivity contribution in [2.24, 2.45) is 0 Å². The molecule has 1 N–H and O–H groups in total. The van der Waals surface area contributed by atoms with E-state index < -0.39 is 0 Å². The van der Waals surface area contributed by atoms with E-state index in [0.717, 1.165) is 29.7 Å². The fourth-order valence-corrected chi connectivity index (χ4v) is 3.57. The number of rotatable bonds is 4. The van der Waals surface area contributed by atoms with Crippen molar-refractivity contribution in [3.05, 3.63) is 77.3 Å². The summed E-state index contributed by atoms with van der Waals surface area (Å²) in [4.78, 5) is 14.4. The molecule has 1 aromatic heterocycles. The Morgan fingerprint density at radius 1 is 1.24 bits per heavy atom. The average Bonchev–Trinajstić information content (AvgIpc) is 3.18. The number of carbonyl (C=O) groups excluding carboxylic acids is 1. The SMILES string of the molecule is Cc1cccc(NC(=O)N2CCCC(c3nnc(Cc4ccc(F)cc4)o3)C2)c1. The van der Waals surface area contributed by atoms with Crippen molar-refractivity contribution in [3.8, 4) is 0 Å². The maximum Gasteiger partial charge on any atom is 0.321 e. The smallest absolute Gasteiger partial charge is 0.321 e. The second-order valence-corrected chi connectivity index (χ2v) is 7.42. The standard InChI is InChI=1S/C22H23FN4O2/c1-15-4-2-6-19(12-15)24-22(28)27-11-3-5-17(14-27)21-26-25-20(29-21)13-16-7-9-18(23)10-8-16/h2,4,6-10,12,17H,3,5,11,13-14H2,1H3,(H,24,28). The molecule has 0 radical (unpaired) electrons. The first kappa shape index (κ1) is 19.1. The molecule has 1 saturated heterocycles. The quantitative estimate of drug-likeness (QED) is 0.706. The van der Waals surface area contributed by atoms with Gasteiger partial charge in [-0.05, 0) is 55.2 Å². The Balaban J connectivity index is 1.38. The summed E-state index contributed by atoms with van der Waals surface area (Å²) < 4.78 is 18.9. The Hall–Kier alpha value is -3.22. The number of piperidine rings is 1. The summed E-state index contributed by atoms with van der Waals surface area (Å²) in [5.41, 5.74) is 2.79. The fraction of sp³-hybridized carbons (Fsp3) is 0.318. The predicted octanol–water partition coefficient (Wildman–Crippen LogP) is 4.52. The molecule has 0 saturated carbocycles. The normalized spacial score (nSPS) is 16.6. The van der Waals surface area contributed by atoms with Crippen LogP contribution in [-0.2, 0) is 6.42 Å². The monoisotopic (exact) mass is 394 g/mol. The van der Waals surface area contributed by atoms with Crippen LogP contribution >= 0.6 is 0 Å². The van der Waals surface area contributed by atoms with Gasteiger partial charge in [0.25, 0.3) is 0 Å². The van der Waals surface area contributed by atoms with Gasteiger partial charge in [0.2, 0.25) is 11.8 Å². The van der Waals surface area contributed by atoms with Gasteiger partial charge in [0, 0.05) is 18.8 Å². The molecule has 7 heteroatoms. The van der Waals surface area contributed by atoms with Gasteiger partial charge < -0.3 is 14.6 Å². The number of urea groups is 1. The van der Waals surface area contributed by atoms with Crippen LogP contribution in [0.4, 0.5) is 14.9 Å². The molecule has 1 atom stereocenters. The zero-order valence-electron chi connectivity index (χ0n) is 16.3. The number of aromatic nitrogens is 2. The summed E-state index contributed by atoms with van der Waals surface area (Å²) in [5, 5.41) is 11.3. The molecule has 2 amide bonds. The minimum absolute atomic E-state index is 0.0153. The number of hydrogen-bond acceptors (Lipinski definition) is 4. The van der Waals surface area contributed by atoms with E-state index in [0.29, 0.717) is 31.3 Å². The maximum absolute atomic E-state index is 13.0. The summed E-state index contributed by atoms with van der Waals surface area (Å²) in [6, 6.07) is 13.9. The molecule has 2 aromatic carbocycles. The van der Waals surface area contributed by atoms with Crippen LogP contribution in [0.1, 0.15) is 41.7 Å². The van der Waals surface area contributed by atoms with Crippen molar-refractivity contribution in [1.82, 2.24) is 15.1 Å². The number of likely N-dealkylation sites (tertiary alicyclic amines) is 1. The molecule has 1 unspecified atom stereocenters. The van der Waals surface area contributed by atoms with E-state index in [2.05, 4.69) is 15.5 Å². The van der Waals surface area contributed by atoms with Gasteiger partial charge in [-0.25, -0.2) is 9.18 Å². The third-order valence-corrected chi connectivity index (χ3v) is 5.08. The van der Waals surface area contributed by atoms with Crippen LogP contribution in [0.15, 0.2) is 52.9 Å². The minimum Gasteiger partial charge on any atom is -0.425 e. The molecule has 0 bridgehead atoms. The van der Waals surface area contributed by atoms with Crippen LogP contribution in [0.2, 0.25) is 0 Å². The molecule has 6 nitrogen and oxygen atoms in total. The fourth-order valence-electron chi connectivity index (χ4n) is 3.57. The third-order valence-electron chi connectivity index (χ3n) is 5.08. The molecule has 150 valence electrons. The van der Waals surface area contributed by atoms with Gasteiger partial charge in [0.15, 0.2) is 0 Å². The van der Waals surface area contributed by atoms with E-state index in [1.54, 1.807) is 17.0 Å². The lowest BCUT2D eigenvalue weighted by atomic mass is 9.98. The molecular weight excluding hydrogens is 371 g/mol. The van der Waals surface area contributed by atoms with Gasteiger partial charge in [-0.15, -0.1) is 10.2 Å². The molecule has 2 heterocycles. The first-order valence-corrected chi connectivity index (χ1v) is 9.76. The van der Waals surface area contributed by atoms with Gasteiger partial charge in [-0.1, -0.05) is 24.3 Å². The summed E-state index contributed by atoms with van der Waals surface area (Å²) in [5.74, 6) is 0.788. The summed E-state index contributed by atoms with van der Waals surface area (Å²) in [7, 11) is 0. The number of nitrogens with zero attached hydrogens (tertiary/aromatic N) is 3. The number of anilines is 1. The number of hydrogen-bond donors (Lipinski definition) is 1. The van der Waals surface area contributed by atoms with Crippen LogP contribution in [0.25, 0.3) is 0 Å². The third kappa shape index (κ3) is 4.80. The number of benzene rings is 2. The second-order valence-electron chi connectivity index (χ2n) is 7.42. The lowest BCUT2D eigenvalue weighted by Gasteiger charge is -2.31. The Morgan fingerprint density at radius 3 is 2.86 bits per heavy atom. The van der Waals surface area contributed by atoms with Gasteiger partial charge in [-0.2, -0.15) is 0 Å². The summed E-state index contributed by atoms with van der Waals surface area (Å²) >= 11 is 0. The van der Waals surface area contributed by atoms with Crippen LogP contribution in [0, 0.1) is 12.7 Å². The molecule has 0 spiro atoms. The van der Waals surface area contributed by atoms with E-state index in [4.69, 9.17) is 4.42 Å². The van der Waals surface area contributed by atoms with Crippen LogP contribution in [0.5, 0.6) is 0 Å². The van der Waals surface area contributed by atoms with E-state index in [1.165, 1.54) is 12.1 Å². The van der Waals surface area contributed by atoms with Crippen LogP contribution in [-0.4, -0.2) is 34.2 Å². The summed E-state index contributed by atoms with van der Waals surface area (Å²) in [6.45, 7) is 3.23. The van der Waals surface area contributed by atoms with Crippen molar-refractivity contribution in [1.29, 1.82) is 0 Å². The number of aryl methyl sites for hydroxylation is 1. The highest BCUT2D eigenvalue weighted by Gasteiger charge is 2.28. The highest BCUT2D eigenvalue weighted by atomic mass is 19.1. The maximum atomic E-state index is 13.0. The molecule has 1 fully saturated rings. The van der Waals surface area contributed by atoms with Crippen molar-refractivity contribution < 1.29 is 13.6 Å². The van der Waals surface area contributed by atoms with Gasteiger partial charge in [0.1, 0.15) is 5.82 Å². The molecule has 1 aliphatic heterocycles. The second kappa shape index (κ2) is 8.43. The zero-order chi connectivity index (χ0) is 20.2. The molecule has 3 aromatic rings. The largest absolute Gasteiger partial charge is 0.425 e. The predicted molar refractivity (Wildman–Crippen MR) is 107 cm³/mol. The van der Waals surface area contributed by atoms with Crippen LogP contribution in [0.3, 0.4) is 0 Å². The van der Waals surface area contributed by atoms with Crippen molar-refractivity contribution in [2.75, 3.05) is 18.4 Å². The lowest BCUT2D eigenvalue weighted by Crippen LogP contribution is -2.41. The highest BCUT2D eigenvalue weighted by Crippen LogP contribution is 2.27. The average molecular weight is 394 g/mol. The Morgan fingerprint density at radius 2 is 2.07 bits per heavy atom. The Bertz CT molecular complexity index is 986. The highest BCUT2D eigenvalue weighted by molar-refractivity contribution is 5.89. The van der Waals surface area contributed by atoms with Crippen molar-refractivity contribution in [3.63, 3.8) is 0 Å². The number of halogens is 1. The first-order valence-electron chi connectivity index (χ1n) is 9.76. The minimum atomic E-state index is -0.272. The van der Waals surface area contributed by atoms with Crippen molar-refractivity contribution in [2.45, 2.75) is 32.1 Å². The molecule has 29 heavy (non-hydrogen) atoms. The number of amides is 2. The Labute approximate surface area is 168 Å². The van der Waals surface area contributed by atoms with Gasteiger partial charge in [0.05, 0.1) is 12.3 Å². The molecule has 0 aliphatic carbocycles. The van der Waals surface area contributed by atoms with Gasteiger partial charge >= 0.3 is 6.03 Å². The molecule has 4 rings (SSSR count). The van der Waals surface area contributed by atoms with Crippen molar-refractivity contribution >= 4 is 11.7 Å². The molecule has 1 aliphatic rings. The van der Waals surface area contributed by atoms with E-state index >= 15 is 0 Å². The topological polar surface area (TPSA) is 71.3 Å². The van der Waals surface area contributed by atoms with Gasteiger partial charge in [-0.3, -0.25) is 0 Å². The number of carbonyl (C=O) groups is 1.